The molecule has 24 heavy (non-hydrogen) atoms. The zero-order valence-corrected chi connectivity index (χ0v) is 14.9. The van der Waals surface area contributed by atoms with Gasteiger partial charge >= 0.3 is 5.97 Å². The van der Waals surface area contributed by atoms with E-state index in [1.807, 2.05) is 12.1 Å². The average Bonchev–Trinajstić information content (AvgIpc) is 2.54. The number of carbonyl (C=O) groups is 1. The molecule has 0 fully saturated rings. The van der Waals surface area contributed by atoms with E-state index in [4.69, 9.17) is 16.7 Å². The Morgan fingerprint density at radius 1 is 1.04 bits per heavy atom. The first kappa shape index (κ1) is 18.4. The largest absolute Gasteiger partial charge is 0.481 e. The second-order valence-corrected chi connectivity index (χ2v) is 8.25. The summed E-state index contributed by atoms with van der Waals surface area (Å²) >= 11 is 5.85. The summed E-state index contributed by atoms with van der Waals surface area (Å²) in [5, 5.41) is 9.67. The molecule has 128 valence electrons. The van der Waals surface area contributed by atoms with Crippen molar-refractivity contribution in [2.75, 3.05) is 6.54 Å². The van der Waals surface area contributed by atoms with Crippen molar-refractivity contribution >= 4 is 27.6 Å². The Morgan fingerprint density at radius 2 is 1.50 bits per heavy atom. The number of aliphatic carboxylic acids is 1. The van der Waals surface area contributed by atoms with Gasteiger partial charge in [-0.1, -0.05) is 35.9 Å². The highest BCUT2D eigenvalue weighted by Crippen LogP contribution is 2.23. The SMILES string of the molecule is CC(C)(CNS(=O)(=O)c1ccc(-c2ccc(Cl)cc2)cc1)C(=O)O. The maximum absolute atomic E-state index is 12.3. The Balaban J connectivity index is 2.17. The fourth-order valence-electron chi connectivity index (χ4n) is 1.90. The summed E-state index contributed by atoms with van der Waals surface area (Å²) in [6, 6.07) is 13.6. The van der Waals surface area contributed by atoms with Crippen LogP contribution in [-0.4, -0.2) is 26.0 Å². The Kier molecular flexibility index (Phi) is 5.32. The molecule has 0 aliphatic rings. The lowest BCUT2D eigenvalue weighted by molar-refractivity contribution is -0.146. The standard InChI is InChI=1S/C17H18ClNO4S/c1-17(2,16(20)21)11-19-24(22,23)15-9-5-13(6-10-15)12-3-7-14(18)8-4-12/h3-10,19H,11H2,1-2H3,(H,20,21). The molecule has 0 bridgehead atoms. The minimum absolute atomic E-state index is 0.0846. The molecule has 0 aromatic heterocycles. The molecule has 2 rings (SSSR count). The van der Waals surface area contributed by atoms with Crippen molar-refractivity contribution in [3.63, 3.8) is 0 Å². The highest BCUT2D eigenvalue weighted by Gasteiger charge is 2.29. The van der Waals surface area contributed by atoms with Gasteiger partial charge in [0.1, 0.15) is 0 Å². The van der Waals surface area contributed by atoms with E-state index in [1.165, 1.54) is 26.0 Å². The van der Waals surface area contributed by atoms with Crippen molar-refractivity contribution in [1.29, 1.82) is 0 Å². The maximum Gasteiger partial charge on any atom is 0.310 e. The van der Waals surface area contributed by atoms with Crippen LogP contribution in [0.4, 0.5) is 0 Å². The summed E-state index contributed by atoms with van der Waals surface area (Å²) in [6.45, 7) is 2.73. The molecule has 2 aromatic rings. The van der Waals surface area contributed by atoms with Gasteiger partial charge in [-0.25, -0.2) is 13.1 Å². The smallest absolute Gasteiger partial charge is 0.310 e. The number of benzene rings is 2. The molecule has 0 aliphatic carbocycles. The van der Waals surface area contributed by atoms with Gasteiger partial charge in [-0.05, 0) is 49.2 Å². The molecular formula is C17H18ClNO4S. The Bertz CT molecular complexity index is 828. The third-order valence-corrected chi connectivity index (χ3v) is 5.29. The van der Waals surface area contributed by atoms with Gasteiger partial charge in [0.25, 0.3) is 0 Å². The van der Waals surface area contributed by atoms with Gasteiger partial charge in [0.05, 0.1) is 10.3 Å². The van der Waals surface area contributed by atoms with Crippen LogP contribution in [0.25, 0.3) is 11.1 Å². The van der Waals surface area contributed by atoms with Gasteiger partial charge < -0.3 is 5.11 Å². The number of carboxylic acid groups (broad SMARTS) is 1. The Hall–Kier alpha value is -1.89. The molecule has 2 aromatic carbocycles. The predicted octanol–water partition coefficient (Wildman–Crippen LogP) is 3.40. The minimum Gasteiger partial charge on any atom is -0.481 e. The van der Waals surface area contributed by atoms with Crippen LogP contribution in [0.5, 0.6) is 0 Å². The highest BCUT2D eigenvalue weighted by molar-refractivity contribution is 7.89. The van der Waals surface area contributed by atoms with Crippen molar-refractivity contribution in [3.8, 4) is 11.1 Å². The fraction of sp³-hybridized carbons (Fsp3) is 0.235. The molecule has 0 atom stereocenters. The third kappa shape index (κ3) is 4.35. The molecule has 0 amide bonds. The van der Waals surface area contributed by atoms with E-state index >= 15 is 0 Å². The lowest BCUT2D eigenvalue weighted by Gasteiger charge is -2.19. The van der Waals surface area contributed by atoms with Crippen LogP contribution >= 0.6 is 11.6 Å². The maximum atomic E-state index is 12.3. The van der Waals surface area contributed by atoms with Crippen molar-refractivity contribution in [2.45, 2.75) is 18.7 Å². The third-order valence-electron chi connectivity index (χ3n) is 3.63. The molecule has 7 heteroatoms. The topological polar surface area (TPSA) is 83.5 Å². The predicted molar refractivity (Wildman–Crippen MR) is 93.5 cm³/mol. The number of carboxylic acids is 1. The van der Waals surface area contributed by atoms with E-state index in [9.17, 15) is 13.2 Å². The summed E-state index contributed by atoms with van der Waals surface area (Å²) in [7, 11) is -3.77. The van der Waals surface area contributed by atoms with E-state index in [2.05, 4.69) is 4.72 Å². The Labute approximate surface area is 146 Å². The molecule has 0 heterocycles. The molecule has 0 unspecified atom stereocenters. The monoisotopic (exact) mass is 367 g/mol. The number of sulfonamides is 1. The second-order valence-electron chi connectivity index (χ2n) is 6.04. The molecule has 0 spiro atoms. The highest BCUT2D eigenvalue weighted by atomic mass is 35.5. The number of hydrogen-bond acceptors (Lipinski definition) is 3. The summed E-state index contributed by atoms with van der Waals surface area (Å²) < 4.78 is 26.9. The van der Waals surface area contributed by atoms with Crippen LogP contribution in [0.15, 0.2) is 53.4 Å². The van der Waals surface area contributed by atoms with Crippen LogP contribution in [-0.2, 0) is 14.8 Å². The summed E-state index contributed by atoms with van der Waals surface area (Å²) in [6.07, 6.45) is 0. The zero-order chi connectivity index (χ0) is 18.0. The van der Waals surface area contributed by atoms with Crippen LogP contribution in [0.3, 0.4) is 0 Å². The minimum atomic E-state index is -3.77. The van der Waals surface area contributed by atoms with E-state index in [0.717, 1.165) is 11.1 Å². The quantitative estimate of drug-likeness (QED) is 0.819. The second kappa shape index (κ2) is 6.93. The van der Waals surface area contributed by atoms with Crippen molar-refractivity contribution in [3.05, 3.63) is 53.6 Å². The van der Waals surface area contributed by atoms with E-state index in [0.29, 0.717) is 5.02 Å². The summed E-state index contributed by atoms with van der Waals surface area (Å²) in [4.78, 5) is 11.1. The van der Waals surface area contributed by atoms with Gasteiger partial charge in [-0.3, -0.25) is 4.79 Å². The molecule has 5 nitrogen and oxygen atoms in total. The van der Waals surface area contributed by atoms with Gasteiger partial charge in [0.2, 0.25) is 10.0 Å². The molecule has 0 radical (unpaired) electrons. The van der Waals surface area contributed by atoms with Gasteiger partial charge in [-0.15, -0.1) is 0 Å². The summed E-state index contributed by atoms with van der Waals surface area (Å²) in [5.74, 6) is -1.07. The first-order valence-electron chi connectivity index (χ1n) is 7.21. The normalized spacial score (nSPS) is 12.1. The Morgan fingerprint density at radius 3 is 1.96 bits per heavy atom. The van der Waals surface area contributed by atoms with Crippen molar-refractivity contribution in [1.82, 2.24) is 4.72 Å². The molecule has 0 saturated heterocycles. The number of rotatable bonds is 6. The molecular weight excluding hydrogens is 350 g/mol. The zero-order valence-electron chi connectivity index (χ0n) is 13.3. The molecule has 2 N–H and O–H groups in total. The van der Waals surface area contributed by atoms with Gasteiger partial charge in [0.15, 0.2) is 0 Å². The first-order chi connectivity index (χ1) is 11.1. The summed E-state index contributed by atoms with van der Waals surface area (Å²) in [5.41, 5.74) is 0.593. The van der Waals surface area contributed by atoms with Crippen LogP contribution < -0.4 is 4.72 Å². The van der Waals surface area contributed by atoms with Crippen molar-refractivity contribution < 1.29 is 18.3 Å². The number of halogens is 1. The van der Waals surface area contributed by atoms with E-state index in [-0.39, 0.29) is 11.4 Å². The van der Waals surface area contributed by atoms with Gasteiger partial charge in [-0.2, -0.15) is 0 Å². The van der Waals surface area contributed by atoms with Crippen LogP contribution in [0.2, 0.25) is 5.02 Å². The van der Waals surface area contributed by atoms with E-state index < -0.39 is 21.4 Å². The van der Waals surface area contributed by atoms with Crippen LogP contribution in [0.1, 0.15) is 13.8 Å². The lowest BCUT2D eigenvalue weighted by Crippen LogP contribution is -2.38. The van der Waals surface area contributed by atoms with Crippen LogP contribution in [0, 0.1) is 5.41 Å². The average molecular weight is 368 g/mol. The van der Waals surface area contributed by atoms with Gasteiger partial charge in [0, 0.05) is 11.6 Å². The molecule has 0 aliphatic heterocycles. The number of nitrogens with one attached hydrogen (secondary N) is 1. The number of hydrogen-bond donors (Lipinski definition) is 2. The molecule has 0 saturated carbocycles. The van der Waals surface area contributed by atoms with E-state index in [1.54, 1.807) is 24.3 Å². The van der Waals surface area contributed by atoms with Crippen molar-refractivity contribution in [2.24, 2.45) is 5.41 Å². The fourth-order valence-corrected chi connectivity index (χ4v) is 3.24. The lowest BCUT2D eigenvalue weighted by atomic mass is 9.95. The first-order valence-corrected chi connectivity index (χ1v) is 9.07.